The second kappa shape index (κ2) is 9.18. The Labute approximate surface area is 190 Å². The van der Waals surface area contributed by atoms with E-state index in [0.29, 0.717) is 33.8 Å². The third-order valence-corrected chi connectivity index (χ3v) is 5.73. The van der Waals surface area contributed by atoms with Gasteiger partial charge in [0, 0.05) is 5.69 Å². The average molecular weight is 488 g/mol. The van der Waals surface area contributed by atoms with Crippen LogP contribution in [-0.4, -0.2) is 40.7 Å². The van der Waals surface area contributed by atoms with Crippen molar-refractivity contribution in [2.75, 3.05) is 19.0 Å². The van der Waals surface area contributed by atoms with E-state index in [1.54, 1.807) is 12.1 Å². The lowest BCUT2D eigenvalue weighted by Crippen LogP contribution is -2.36. The largest absolute Gasteiger partial charge is 0.505 e. The molecule has 2 aromatic rings. The van der Waals surface area contributed by atoms with Crippen LogP contribution in [-0.2, 0) is 9.59 Å². The molecule has 3 rings (SSSR count). The van der Waals surface area contributed by atoms with Gasteiger partial charge in [0.1, 0.15) is 12.3 Å². The van der Waals surface area contributed by atoms with Gasteiger partial charge in [0.15, 0.2) is 5.75 Å². The van der Waals surface area contributed by atoms with Crippen LogP contribution in [0.2, 0.25) is 15.1 Å². The van der Waals surface area contributed by atoms with Crippen molar-refractivity contribution in [1.29, 1.82) is 0 Å². The van der Waals surface area contributed by atoms with Gasteiger partial charge in [0.05, 0.1) is 27.1 Å². The molecular formula is C19H13Cl3N2O5S. The lowest BCUT2D eigenvalue weighted by Gasteiger charge is -2.13. The fraction of sp³-hybridized carbons (Fsp3) is 0.105. The van der Waals surface area contributed by atoms with E-state index in [1.165, 1.54) is 31.4 Å². The maximum absolute atomic E-state index is 12.6. The number of carbonyl (C=O) groups excluding carboxylic acids is 3. The predicted molar refractivity (Wildman–Crippen MR) is 117 cm³/mol. The van der Waals surface area contributed by atoms with E-state index in [0.717, 1.165) is 4.90 Å². The van der Waals surface area contributed by atoms with E-state index < -0.39 is 23.6 Å². The zero-order valence-corrected chi connectivity index (χ0v) is 18.3. The number of phenolic OH excluding ortho intramolecular Hbond substituents is 1. The number of amides is 3. The quantitative estimate of drug-likeness (QED) is 0.574. The first-order valence-electron chi connectivity index (χ1n) is 8.26. The number of thioether (sulfide) groups is 1. The molecule has 1 heterocycles. The highest BCUT2D eigenvalue weighted by Crippen LogP contribution is 2.36. The third-order valence-electron chi connectivity index (χ3n) is 3.95. The summed E-state index contributed by atoms with van der Waals surface area (Å²) in [5, 5.41) is 11.9. The van der Waals surface area contributed by atoms with Crippen LogP contribution in [0.5, 0.6) is 11.5 Å². The Kier molecular flexibility index (Phi) is 6.82. The minimum atomic E-state index is -0.631. The summed E-state index contributed by atoms with van der Waals surface area (Å²) in [4.78, 5) is 38.0. The molecule has 2 N–H and O–H groups in total. The Morgan fingerprint density at radius 1 is 1.17 bits per heavy atom. The SMILES string of the molecule is COc1ccc(NC(=O)CN2C(=O)SC(=Cc3cc(Cl)c(O)c(Cl)c3)C2=O)cc1Cl. The molecule has 0 saturated carbocycles. The van der Waals surface area contributed by atoms with Gasteiger partial charge in [-0.25, -0.2) is 0 Å². The van der Waals surface area contributed by atoms with Crippen LogP contribution in [0, 0.1) is 0 Å². The van der Waals surface area contributed by atoms with Gasteiger partial charge in [-0.1, -0.05) is 34.8 Å². The van der Waals surface area contributed by atoms with Crippen LogP contribution >= 0.6 is 46.6 Å². The van der Waals surface area contributed by atoms with E-state index in [4.69, 9.17) is 39.5 Å². The normalized spacial score (nSPS) is 15.1. The van der Waals surface area contributed by atoms with Crippen molar-refractivity contribution in [3.8, 4) is 11.5 Å². The molecule has 11 heteroatoms. The number of hydrogen-bond donors (Lipinski definition) is 2. The number of methoxy groups -OCH3 is 1. The summed E-state index contributed by atoms with van der Waals surface area (Å²) >= 11 is 18.4. The molecule has 0 aromatic heterocycles. The number of hydrogen-bond acceptors (Lipinski definition) is 6. The minimum Gasteiger partial charge on any atom is -0.505 e. The molecule has 0 radical (unpaired) electrons. The maximum atomic E-state index is 12.6. The second-order valence-corrected chi connectivity index (χ2v) is 8.21. The summed E-state index contributed by atoms with van der Waals surface area (Å²) in [5.41, 5.74) is 0.812. The molecule has 30 heavy (non-hydrogen) atoms. The van der Waals surface area contributed by atoms with E-state index in [2.05, 4.69) is 5.32 Å². The molecule has 3 amide bonds. The first-order chi connectivity index (χ1) is 14.2. The smallest absolute Gasteiger partial charge is 0.294 e. The van der Waals surface area contributed by atoms with Crippen LogP contribution in [0.25, 0.3) is 6.08 Å². The molecule has 0 atom stereocenters. The van der Waals surface area contributed by atoms with Crippen molar-refractivity contribution < 1.29 is 24.2 Å². The van der Waals surface area contributed by atoms with Gasteiger partial charge in [0.2, 0.25) is 5.91 Å². The van der Waals surface area contributed by atoms with Gasteiger partial charge in [-0.15, -0.1) is 0 Å². The fourth-order valence-corrected chi connectivity index (χ4v) is 4.14. The zero-order chi connectivity index (χ0) is 22.0. The maximum Gasteiger partial charge on any atom is 0.294 e. The number of halogens is 3. The molecule has 156 valence electrons. The second-order valence-electron chi connectivity index (χ2n) is 6.00. The van der Waals surface area contributed by atoms with Gasteiger partial charge in [-0.05, 0) is 53.7 Å². The lowest BCUT2D eigenvalue weighted by molar-refractivity contribution is -0.127. The van der Waals surface area contributed by atoms with Gasteiger partial charge >= 0.3 is 0 Å². The summed E-state index contributed by atoms with van der Waals surface area (Å²) in [6.45, 7) is -0.469. The number of rotatable bonds is 5. The Morgan fingerprint density at radius 2 is 1.83 bits per heavy atom. The van der Waals surface area contributed by atoms with E-state index in [9.17, 15) is 19.5 Å². The molecule has 1 saturated heterocycles. The molecule has 2 aromatic carbocycles. The number of nitrogens with zero attached hydrogens (tertiary/aromatic N) is 1. The summed E-state index contributed by atoms with van der Waals surface area (Å²) in [5.74, 6) is -1.04. The van der Waals surface area contributed by atoms with Gasteiger partial charge in [-0.3, -0.25) is 19.3 Å². The lowest BCUT2D eigenvalue weighted by atomic mass is 10.2. The summed E-state index contributed by atoms with van der Waals surface area (Å²) in [6.07, 6.45) is 1.41. The van der Waals surface area contributed by atoms with Gasteiger partial charge in [0.25, 0.3) is 11.1 Å². The van der Waals surface area contributed by atoms with Crippen LogP contribution < -0.4 is 10.1 Å². The first kappa shape index (κ1) is 22.3. The molecular weight excluding hydrogens is 475 g/mol. The molecule has 1 aliphatic rings. The highest BCUT2D eigenvalue weighted by atomic mass is 35.5. The van der Waals surface area contributed by atoms with Crippen LogP contribution in [0.1, 0.15) is 5.56 Å². The molecule has 7 nitrogen and oxygen atoms in total. The van der Waals surface area contributed by atoms with E-state index >= 15 is 0 Å². The number of anilines is 1. The molecule has 0 spiro atoms. The Hall–Kier alpha value is -2.39. The first-order valence-corrected chi connectivity index (χ1v) is 10.2. The highest BCUT2D eigenvalue weighted by molar-refractivity contribution is 8.18. The molecule has 0 unspecified atom stereocenters. The van der Waals surface area contributed by atoms with Crippen molar-refractivity contribution >= 4 is 75.4 Å². The molecule has 1 fully saturated rings. The van der Waals surface area contributed by atoms with Gasteiger partial charge in [-0.2, -0.15) is 0 Å². The summed E-state index contributed by atoms with van der Waals surface area (Å²) in [6, 6.07) is 7.45. The van der Waals surface area contributed by atoms with Crippen molar-refractivity contribution in [1.82, 2.24) is 4.90 Å². The van der Waals surface area contributed by atoms with E-state index in [-0.39, 0.29) is 20.7 Å². The fourth-order valence-electron chi connectivity index (χ4n) is 2.54. The molecule has 0 bridgehead atoms. The van der Waals surface area contributed by atoms with E-state index in [1.807, 2.05) is 0 Å². The molecule has 0 aliphatic carbocycles. The number of benzene rings is 2. The number of ether oxygens (including phenoxy) is 1. The van der Waals surface area contributed by atoms with Gasteiger partial charge < -0.3 is 15.2 Å². The molecule has 1 aliphatic heterocycles. The number of imide groups is 1. The Bertz CT molecular complexity index is 1070. The summed E-state index contributed by atoms with van der Waals surface area (Å²) < 4.78 is 5.04. The van der Waals surface area contributed by atoms with Crippen LogP contribution in [0.15, 0.2) is 35.2 Å². The summed E-state index contributed by atoms with van der Waals surface area (Å²) in [7, 11) is 1.47. The van der Waals surface area contributed by atoms with Crippen molar-refractivity contribution in [2.24, 2.45) is 0 Å². The van der Waals surface area contributed by atoms with Crippen molar-refractivity contribution in [3.05, 3.63) is 55.9 Å². The number of nitrogens with one attached hydrogen (secondary N) is 1. The Morgan fingerprint density at radius 3 is 2.43 bits per heavy atom. The minimum absolute atomic E-state index is 0.00510. The van der Waals surface area contributed by atoms with Crippen molar-refractivity contribution in [2.45, 2.75) is 0 Å². The number of aromatic hydroxyl groups is 1. The van der Waals surface area contributed by atoms with Crippen LogP contribution in [0.4, 0.5) is 10.5 Å². The van der Waals surface area contributed by atoms with Crippen LogP contribution in [0.3, 0.4) is 0 Å². The standard InChI is InChI=1S/C19H13Cl3N2O5S/c1-29-14-3-2-10(7-11(14)20)23-16(25)8-24-18(27)15(30-19(24)28)6-9-4-12(21)17(26)13(22)5-9/h2-7,26H,8H2,1H3,(H,23,25). The highest BCUT2D eigenvalue weighted by Gasteiger charge is 2.36. The monoisotopic (exact) mass is 486 g/mol. The third kappa shape index (κ3) is 4.84. The Balaban J connectivity index is 1.72. The average Bonchev–Trinajstić information content (AvgIpc) is 2.93. The number of phenols is 1. The zero-order valence-electron chi connectivity index (χ0n) is 15.2. The van der Waals surface area contributed by atoms with Crippen molar-refractivity contribution in [3.63, 3.8) is 0 Å². The number of carbonyl (C=O) groups is 3. The predicted octanol–water partition coefficient (Wildman–Crippen LogP) is 5.04. The topological polar surface area (TPSA) is 95.9 Å².